The van der Waals surface area contributed by atoms with Crippen molar-refractivity contribution in [3.8, 4) is 5.88 Å². The highest BCUT2D eigenvalue weighted by molar-refractivity contribution is 7.11. The molecule has 4 N–H and O–H groups in total. The minimum absolute atomic E-state index is 0.0800. The van der Waals surface area contributed by atoms with Crippen LogP contribution in [0.4, 0.5) is 16.4 Å². The van der Waals surface area contributed by atoms with Crippen LogP contribution in [0, 0.1) is 11.3 Å². The van der Waals surface area contributed by atoms with E-state index in [9.17, 15) is 5.11 Å². The van der Waals surface area contributed by atoms with Gasteiger partial charge in [0, 0.05) is 31.0 Å². The molecule has 4 rings (SSSR count). The van der Waals surface area contributed by atoms with Crippen LogP contribution in [0.25, 0.3) is 0 Å². The van der Waals surface area contributed by atoms with E-state index in [2.05, 4.69) is 44.2 Å². The van der Waals surface area contributed by atoms with E-state index >= 15 is 0 Å². The number of piperidine rings is 1. The van der Waals surface area contributed by atoms with E-state index in [-0.39, 0.29) is 11.7 Å². The predicted octanol–water partition coefficient (Wildman–Crippen LogP) is 5.08. The van der Waals surface area contributed by atoms with Gasteiger partial charge >= 0.3 is 0 Å². The standard InChI is InChI=1S/C22H31N5OS/c23-20(24-15-16-7-3-1-4-8-16)19-21(28)26-29-22(19)25-17-9-11-18(12-10-17)27-13-5-2-6-14-27/h9-12,16,25H,1-8,13-15H2,(H2,23,24)(H,26,28). The largest absolute Gasteiger partial charge is 0.492 e. The fourth-order valence-corrected chi connectivity index (χ4v) is 5.07. The van der Waals surface area contributed by atoms with Crippen LogP contribution in [-0.2, 0) is 0 Å². The maximum absolute atomic E-state index is 10.2. The highest BCUT2D eigenvalue weighted by Gasteiger charge is 2.20. The molecule has 7 heteroatoms. The van der Waals surface area contributed by atoms with Crippen LogP contribution in [0.5, 0.6) is 5.88 Å². The Morgan fingerprint density at radius 3 is 2.48 bits per heavy atom. The van der Waals surface area contributed by atoms with Gasteiger partial charge in [-0.1, -0.05) is 19.3 Å². The fourth-order valence-electron chi connectivity index (χ4n) is 4.36. The molecule has 1 saturated carbocycles. The van der Waals surface area contributed by atoms with Crippen LogP contribution >= 0.6 is 11.5 Å². The summed E-state index contributed by atoms with van der Waals surface area (Å²) in [5, 5.41) is 25.9. The Hall–Kier alpha value is -2.28. The lowest BCUT2D eigenvalue weighted by atomic mass is 9.89. The van der Waals surface area contributed by atoms with Gasteiger partial charge in [-0.15, -0.1) is 0 Å². The molecule has 2 fully saturated rings. The molecule has 1 aromatic heterocycles. The second-order valence-corrected chi connectivity index (χ2v) is 8.96. The Labute approximate surface area is 177 Å². The average Bonchev–Trinajstić information content (AvgIpc) is 3.14. The molecule has 1 saturated heterocycles. The third kappa shape index (κ3) is 5.01. The number of benzene rings is 1. The molecular weight excluding hydrogens is 382 g/mol. The fraction of sp³-hybridized carbons (Fsp3) is 0.545. The molecule has 2 heterocycles. The van der Waals surface area contributed by atoms with Gasteiger partial charge in [0.15, 0.2) is 0 Å². The van der Waals surface area contributed by atoms with Crippen molar-refractivity contribution in [3.05, 3.63) is 29.8 Å². The first-order valence-corrected chi connectivity index (χ1v) is 11.6. The van der Waals surface area contributed by atoms with Crippen LogP contribution in [0.3, 0.4) is 0 Å². The van der Waals surface area contributed by atoms with Crippen molar-refractivity contribution in [2.24, 2.45) is 5.92 Å². The van der Waals surface area contributed by atoms with Crippen molar-refractivity contribution >= 4 is 33.7 Å². The number of rotatable bonds is 6. The SMILES string of the molecule is N=C(NCC1CCCCC1)c1c(O)nsc1Nc1ccc(N2CCCCC2)cc1. The molecule has 2 aromatic rings. The van der Waals surface area contributed by atoms with Gasteiger partial charge in [-0.2, -0.15) is 4.37 Å². The molecule has 0 bridgehead atoms. The molecular formula is C22H31N5OS. The van der Waals surface area contributed by atoms with Gasteiger partial charge in [-0.05, 0) is 73.8 Å². The summed E-state index contributed by atoms with van der Waals surface area (Å²) in [5.41, 5.74) is 2.66. The second-order valence-electron chi connectivity index (χ2n) is 8.19. The minimum atomic E-state index is -0.0800. The topological polar surface area (TPSA) is 84.3 Å². The van der Waals surface area contributed by atoms with Crippen LogP contribution < -0.4 is 15.5 Å². The Balaban J connectivity index is 1.39. The molecule has 0 spiro atoms. The van der Waals surface area contributed by atoms with Crippen LogP contribution in [-0.4, -0.2) is 34.9 Å². The third-order valence-corrected chi connectivity index (χ3v) is 6.82. The highest BCUT2D eigenvalue weighted by atomic mass is 32.1. The lowest BCUT2D eigenvalue weighted by Crippen LogP contribution is -2.30. The molecule has 1 aliphatic heterocycles. The van der Waals surface area contributed by atoms with Gasteiger partial charge in [0.1, 0.15) is 16.4 Å². The Kier molecular flexibility index (Phi) is 6.54. The van der Waals surface area contributed by atoms with E-state index in [1.807, 2.05) is 0 Å². The van der Waals surface area contributed by atoms with Crippen molar-refractivity contribution in [1.29, 1.82) is 5.41 Å². The minimum Gasteiger partial charge on any atom is -0.492 e. The lowest BCUT2D eigenvalue weighted by molar-refractivity contribution is 0.356. The number of amidine groups is 1. The normalized spacial score (nSPS) is 17.9. The first kappa shape index (κ1) is 20.0. The highest BCUT2D eigenvalue weighted by Crippen LogP contribution is 2.33. The van der Waals surface area contributed by atoms with Crippen molar-refractivity contribution in [2.75, 3.05) is 29.9 Å². The molecule has 29 heavy (non-hydrogen) atoms. The number of hydrogen-bond acceptors (Lipinski definition) is 6. The number of anilines is 3. The third-order valence-electron chi connectivity index (χ3n) is 6.06. The molecule has 6 nitrogen and oxygen atoms in total. The summed E-state index contributed by atoms with van der Waals surface area (Å²) in [5.74, 6) is 0.786. The predicted molar refractivity (Wildman–Crippen MR) is 121 cm³/mol. The van der Waals surface area contributed by atoms with Crippen molar-refractivity contribution in [3.63, 3.8) is 0 Å². The summed E-state index contributed by atoms with van der Waals surface area (Å²) in [6.45, 7) is 3.05. The molecule has 2 aliphatic rings. The zero-order chi connectivity index (χ0) is 20.1. The van der Waals surface area contributed by atoms with Crippen LogP contribution in [0.15, 0.2) is 24.3 Å². The number of hydrogen-bond donors (Lipinski definition) is 4. The van der Waals surface area contributed by atoms with Gasteiger partial charge in [-0.3, -0.25) is 5.41 Å². The van der Waals surface area contributed by atoms with Gasteiger partial charge in [0.05, 0.1) is 0 Å². The lowest BCUT2D eigenvalue weighted by Gasteiger charge is -2.28. The average molecular weight is 414 g/mol. The smallest absolute Gasteiger partial charge is 0.236 e. The number of nitrogens with one attached hydrogen (secondary N) is 3. The zero-order valence-electron chi connectivity index (χ0n) is 16.9. The monoisotopic (exact) mass is 413 g/mol. The number of nitrogens with zero attached hydrogens (tertiary/aromatic N) is 2. The summed E-state index contributed by atoms with van der Waals surface area (Å²) >= 11 is 1.19. The van der Waals surface area contributed by atoms with Crippen molar-refractivity contribution < 1.29 is 5.11 Å². The summed E-state index contributed by atoms with van der Waals surface area (Å²) in [4.78, 5) is 2.43. The molecule has 0 amide bonds. The summed E-state index contributed by atoms with van der Waals surface area (Å²) in [6, 6.07) is 8.40. The van der Waals surface area contributed by atoms with E-state index in [4.69, 9.17) is 5.41 Å². The van der Waals surface area contributed by atoms with Crippen LogP contribution in [0.2, 0.25) is 0 Å². The van der Waals surface area contributed by atoms with Crippen LogP contribution in [0.1, 0.15) is 56.9 Å². The Morgan fingerprint density at radius 2 is 1.76 bits per heavy atom. The first-order chi connectivity index (χ1) is 14.2. The molecule has 0 atom stereocenters. The maximum Gasteiger partial charge on any atom is 0.236 e. The Morgan fingerprint density at radius 1 is 1.07 bits per heavy atom. The Bertz CT molecular complexity index is 807. The summed E-state index contributed by atoms with van der Waals surface area (Å²) < 4.78 is 4.07. The summed E-state index contributed by atoms with van der Waals surface area (Å²) in [7, 11) is 0. The van der Waals surface area contributed by atoms with E-state index in [0.29, 0.717) is 16.5 Å². The summed E-state index contributed by atoms with van der Waals surface area (Å²) in [6.07, 6.45) is 10.2. The zero-order valence-corrected chi connectivity index (χ0v) is 17.7. The van der Waals surface area contributed by atoms with Gasteiger partial charge in [0.25, 0.3) is 0 Å². The van der Waals surface area contributed by atoms with E-state index in [1.54, 1.807) is 0 Å². The van der Waals surface area contributed by atoms with Gasteiger partial charge in [-0.25, -0.2) is 0 Å². The molecule has 156 valence electrons. The molecule has 0 unspecified atom stereocenters. The maximum atomic E-state index is 10.2. The second kappa shape index (κ2) is 9.48. The van der Waals surface area contributed by atoms with E-state index in [1.165, 1.54) is 68.6 Å². The van der Waals surface area contributed by atoms with Crippen molar-refractivity contribution in [1.82, 2.24) is 9.69 Å². The molecule has 1 aromatic carbocycles. The van der Waals surface area contributed by atoms with E-state index < -0.39 is 0 Å². The number of aromatic nitrogens is 1. The van der Waals surface area contributed by atoms with Gasteiger partial charge < -0.3 is 20.6 Å². The first-order valence-electron chi connectivity index (χ1n) is 10.8. The van der Waals surface area contributed by atoms with E-state index in [0.717, 1.165) is 25.3 Å². The molecule has 0 radical (unpaired) electrons. The quantitative estimate of drug-likeness (QED) is 0.392. The number of aromatic hydroxyl groups is 1. The van der Waals surface area contributed by atoms with Crippen molar-refractivity contribution in [2.45, 2.75) is 51.4 Å². The molecule has 1 aliphatic carbocycles. The van der Waals surface area contributed by atoms with Gasteiger partial charge in [0.2, 0.25) is 5.88 Å².